The fraction of sp³-hybridized carbons (Fsp3) is 0.556. The Morgan fingerprint density at radius 3 is 2.54 bits per heavy atom. The quantitative estimate of drug-likeness (QED) is 0.783. The molecule has 0 N–H and O–H groups in total. The number of likely N-dealkylation sites (tertiary alicyclic amines) is 1. The molecular formula is C18H23NO5. The Morgan fingerprint density at radius 1 is 1.17 bits per heavy atom. The van der Waals surface area contributed by atoms with Crippen molar-refractivity contribution in [2.75, 3.05) is 26.9 Å². The van der Waals surface area contributed by atoms with Crippen LogP contribution in [0.4, 0.5) is 0 Å². The number of hydrogen-bond donors (Lipinski definition) is 0. The molecule has 0 aliphatic carbocycles. The van der Waals surface area contributed by atoms with E-state index in [9.17, 15) is 9.59 Å². The van der Waals surface area contributed by atoms with Crippen LogP contribution in [0, 0.1) is 11.8 Å². The van der Waals surface area contributed by atoms with E-state index in [0.29, 0.717) is 6.61 Å². The molecule has 6 nitrogen and oxygen atoms in total. The fourth-order valence-corrected chi connectivity index (χ4v) is 3.93. The summed E-state index contributed by atoms with van der Waals surface area (Å²) < 4.78 is 16.3. The van der Waals surface area contributed by atoms with Gasteiger partial charge in [-0.2, -0.15) is 0 Å². The minimum absolute atomic E-state index is 0.0706. The van der Waals surface area contributed by atoms with E-state index < -0.39 is 12.0 Å². The van der Waals surface area contributed by atoms with Gasteiger partial charge in [0.1, 0.15) is 11.8 Å². The lowest BCUT2D eigenvalue weighted by atomic mass is 9.83. The average molecular weight is 333 g/mol. The molecule has 1 aromatic rings. The van der Waals surface area contributed by atoms with Crippen LogP contribution in [-0.2, 0) is 19.1 Å². The molecule has 2 unspecified atom stereocenters. The molecule has 1 fully saturated rings. The van der Waals surface area contributed by atoms with E-state index >= 15 is 0 Å². The molecule has 1 aromatic carbocycles. The Kier molecular flexibility index (Phi) is 4.76. The molecule has 6 heteroatoms. The highest BCUT2D eigenvalue weighted by molar-refractivity contribution is 5.86. The van der Waals surface area contributed by atoms with Gasteiger partial charge in [0.25, 0.3) is 0 Å². The van der Waals surface area contributed by atoms with E-state index in [-0.39, 0.29) is 37.1 Å². The lowest BCUT2D eigenvalue weighted by molar-refractivity contribution is -0.159. The zero-order chi connectivity index (χ0) is 17.3. The molecular weight excluding hydrogens is 310 g/mol. The molecule has 0 amide bonds. The van der Waals surface area contributed by atoms with Crippen molar-refractivity contribution < 1.29 is 23.8 Å². The summed E-state index contributed by atoms with van der Waals surface area (Å²) in [6, 6.07) is 7.02. The summed E-state index contributed by atoms with van der Waals surface area (Å²) in [5.41, 5.74) is 0.998. The van der Waals surface area contributed by atoms with Gasteiger partial charge in [0.15, 0.2) is 0 Å². The van der Waals surface area contributed by atoms with Gasteiger partial charge in [-0.05, 0) is 27.0 Å². The molecule has 0 spiro atoms. The predicted molar refractivity (Wildman–Crippen MR) is 86.5 cm³/mol. The standard InChI is InChI=1S/C18H23NO5/c1-4-22-17(20)14-12-10-24-13-9-7-6-8-11(13)15(12)19(3)16(14)18(21)23-5-2/h6-9,12,14-16H,4-5,10H2,1-3H3/t12?,14?,15-,16+/m0/s1. The lowest BCUT2D eigenvalue weighted by Gasteiger charge is -2.32. The fourth-order valence-electron chi connectivity index (χ4n) is 3.93. The number of nitrogens with zero attached hydrogens (tertiary/aromatic N) is 1. The van der Waals surface area contributed by atoms with Crippen LogP contribution in [0.1, 0.15) is 25.5 Å². The Labute approximate surface area is 141 Å². The molecule has 0 aromatic heterocycles. The van der Waals surface area contributed by atoms with Gasteiger partial charge in [0.2, 0.25) is 0 Å². The van der Waals surface area contributed by atoms with E-state index in [1.807, 2.05) is 36.2 Å². The van der Waals surface area contributed by atoms with E-state index in [4.69, 9.17) is 14.2 Å². The average Bonchev–Trinajstić information content (AvgIpc) is 2.88. The number of carbonyl (C=O) groups excluding carboxylic acids is 2. The second kappa shape index (κ2) is 6.81. The summed E-state index contributed by atoms with van der Waals surface area (Å²) >= 11 is 0. The van der Waals surface area contributed by atoms with Crippen LogP contribution < -0.4 is 4.74 Å². The topological polar surface area (TPSA) is 65.1 Å². The smallest absolute Gasteiger partial charge is 0.324 e. The third kappa shape index (κ3) is 2.65. The second-order valence-corrected chi connectivity index (χ2v) is 6.10. The lowest BCUT2D eigenvalue weighted by Crippen LogP contribution is -2.42. The van der Waals surface area contributed by atoms with Crippen molar-refractivity contribution in [1.29, 1.82) is 0 Å². The highest BCUT2D eigenvalue weighted by Crippen LogP contribution is 2.49. The summed E-state index contributed by atoms with van der Waals surface area (Å²) in [4.78, 5) is 27.0. The van der Waals surface area contributed by atoms with Crippen molar-refractivity contribution in [2.24, 2.45) is 11.8 Å². The number of esters is 2. The highest BCUT2D eigenvalue weighted by Gasteiger charge is 2.57. The first-order valence-corrected chi connectivity index (χ1v) is 8.37. The summed E-state index contributed by atoms with van der Waals surface area (Å²) in [6.45, 7) is 4.47. The zero-order valence-corrected chi connectivity index (χ0v) is 14.2. The Balaban J connectivity index is 2.00. The molecule has 0 saturated carbocycles. The first kappa shape index (κ1) is 16.8. The third-order valence-electron chi connectivity index (χ3n) is 4.84. The summed E-state index contributed by atoms with van der Waals surface area (Å²) in [7, 11) is 1.86. The maximum atomic E-state index is 12.6. The van der Waals surface area contributed by atoms with Crippen LogP contribution in [0.5, 0.6) is 5.75 Å². The van der Waals surface area contributed by atoms with Crippen molar-refractivity contribution in [3.8, 4) is 5.75 Å². The van der Waals surface area contributed by atoms with Crippen molar-refractivity contribution in [1.82, 2.24) is 4.90 Å². The Morgan fingerprint density at radius 2 is 1.83 bits per heavy atom. The van der Waals surface area contributed by atoms with Crippen LogP contribution in [-0.4, -0.2) is 49.7 Å². The molecule has 0 radical (unpaired) electrons. The molecule has 130 valence electrons. The van der Waals surface area contributed by atoms with Gasteiger partial charge in [-0.15, -0.1) is 0 Å². The maximum Gasteiger partial charge on any atom is 0.324 e. The number of ether oxygens (including phenoxy) is 3. The predicted octanol–water partition coefficient (Wildman–Crippen LogP) is 1.79. The number of rotatable bonds is 4. The minimum Gasteiger partial charge on any atom is -0.493 e. The second-order valence-electron chi connectivity index (χ2n) is 6.10. The zero-order valence-electron chi connectivity index (χ0n) is 14.2. The number of benzene rings is 1. The van der Waals surface area contributed by atoms with Crippen molar-refractivity contribution >= 4 is 11.9 Å². The SMILES string of the molecule is CCOC(=O)C1C2COc3ccccc3[C@@H]2N(C)[C@H]1C(=O)OCC. The highest BCUT2D eigenvalue weighted by atomic mass is 16.5. The van der Waals surface area contributed by atoms with E-state index in [0.717, 1.165) is 11.3 Å². The van der Waals surface area contributed by atoms with Crippen LogP contribution in [0.2, 0.25) is 0 Å². The summed E-state index contributed by atoms with van der Waals surface area (Å²) in [6.07, 6.45) is 0. The van der Waals surface area contributed by atoms with Gasteiger partial charge in [-0.3, -0.25) is 14.5 Å². The molecule has 1 saturated heterocycles. The van der Waals surface area contributed by atoms with Gasteiger partial charge < -0.3 is 14.2 Å². The summed E-state index contributed by atoms with van der Waals surface area (Å²) in [5, 5.41) is 0. The first-order valence-electron chi connectivity index (χ1n) is 8.37. The van der Waals surface area contributed by atoms with E-state index in [1.165, 1.54) is 0 Å². The van der Waals surface area contributed by atoms with Gasteiger partial charge >= 0.3 is 11.9 Å². The maximum absolute atomic E-state index is 12.6. The number of likely N-dealkylation sites (N-methyl/N-ethyl adjacent to an activating group) is 1. The number of carbonyl (C=O) groups is 2. The minimum atomic E-state index is -0.659. The number of para-hydroxylation sites is 1. The summed E-state index contributed by atoms with van der Waals surface area (Å²) in [5.74, 6) is -0.675. The molecule has 2 heterocycles. The number of hydrogen-bond acceptors (Lipinski definition) is 6. The Hall–Kier alpha value is -2.08. The van der Waals surface area contributed by atoms with Gasteiger partial charge in [0, 0.05) is 17.5 Å². The van der Waals surface area contributed by atoms with E-state index in [1.54, 1.807) is 13.8 Å². The van der Waals surface area contributed by atoms with Crippen molar-refractivity contribution in [2.45, 2.75) is 25.9 Å². The van der Waals surface area contributed by atoms with Crippen LogP contribution in [0.25, 0.3) is 0 Å². The normalized spacial score (nSPS) is 28.5. The molecule has 24 heavy (non-hydrogen) atoms. The van der Waals surface area contributed by atoms with Crippen molar-refractivity contribution in [3.63, 3.8) is 0 Å². The third-order valence-corrected chi connectivity index (χ3v) is 4.84. The first-order chi connectivity index (χ1) is 11.6. The van der Waals surface area contributed by atoms with Crippen LogP contribution in [0.3, 0.4) is 0 Å². The molecule has 2 aliphatic rings. The van der Waals surface area contributed by atoms with Crippen LogP contribution >= 0.6 is 0 Å². The molecule has 3 rings (SSSR count). The van der Waals surface area contributed by atoms with E-state index in [2.05, 4.69) is 0 Å². The van der Waals surface area contributed by atoms with Gasteiger partial charge in [0.05, 0.1) is 25.7 Å². The van der Waals surface area contributed by atoms with Crippen molar-refractivity contribution in [3.05, 3.63) is 29.8 Å². The Bertz CT molecular complexity index is 632. The van der Waals surface area contributed by atoms with Gasteiger partial charge in [-0.1, -0.05) is 18.2 Å². The molecule has 0 bridgehead atoms. The van der Waals surface area contributed by atoms with Crippen LogP contribution in [0.15, 0.2) is 24.3 Å². The molecule has 2 aliphatic heterocycles. The largest absolute Gasteiger partial charge is 0.493 e. The van der Waals surface area contributed by atoms with Gasteiger partial charge in [-0.25, -0.2) is 0 Å². The monoisotopic (exact) mass is 333 g/mol. The number of fused-ring (bicyclic) bond motifs is 3. The molecule has 4 atom stereocenters.